The first kappa shape index (κ1) is 13.7. The molecule has 2 rings (SSSR count). The molecule has 0 radical (unpaired) electrons. The number of carbonyl (C=O) groups is 1. The number of carboxylic acids is 1. The van der Waals surface area contributed by atoms with Crippen molar-refractivity contribution in [1.29, 1.82) is 0 Å². The van der Waals surface area contributed by atoms with Crippen LogP contribution >= 0.6 is 0 Å². The van der Waals surface area contributed by atoms with E-state index in [1.807, 2.05) is 38.1 Å². The van der Waals surface area contributed by atoms with Gasteiger partial charge in [-0.3, -0.25) is 4.79 Å². The van der Waals surface area contributed by atoms with Gasteiger partial charge in [-0.2, -0.15) is 0 Å². The van der Waals surface area contributed by atoms with Crippen LogP contribution in [-0.2, 0) is 4.79 Å². The highest BCUT2D eigenvalue weighted by atomic mass is 16.5. The molecule has 0 aliphatic carbocycles. The monoisotopic (exact) mass is 263 g/mol. The number of hydrogen-bond donors (Lipinski definition) is 1. The first-order valence-electron chi connectivity index (χ1n) is 6.80. The Kier molecular flexibility index (Phi) is 4.30. The number of hydrogen-bond acceptors (Lipinski definition) is 3. The highest BCUT2D eigenvalue weighted by Crippen LogP contribution is 2.25. The fraction of sp³-hybridized carbons (Fsp3) is 0.533. The lowest BCUT2D eigenvalue weighted by molar-refractivity contribution is -0.142. The molecule has 104 valence electrons. The summed E-state index contributed by atoms with van der Waals surface area (Å²) in [7, 11) is 0. The number of anilines is 1. The molecule has 0 saturated carbocycles. The molecule has 1 aromatic carbocycles. The number of ether oxygens (including phenoxy) is 1. The summed E-state index contributed by atoms with van der Waals surface area (Å²) in [4.78, 5) is 13.1. The van der Waals surface area contributed by atoms with Crippen LogP contribution in [0.2, 0.25) is 0 Å². The molecule has 0 spiro atoms. The number of piperidine rings is 1. The molecule has 4 nitrogen and oxygen atoms in total. The maximum absolute atomic E-state index is 10.9. The van der Waals surface area contributed by atoms with Crippen LogP contribution in [0, 0.1) is 5.92 Å². The zero-order valence-corrected chi connectivity index (χ0v) is 11.5. The number of carboxylic acid groups (broad SMARTS) is 1. The van der Waals surface area contributed by atoms with Gasteiger partial charge in [0.15, 0.2) is 0 Å². The van der Waals surface area contributed by atoms with Crippen molar-refractivity contribution in [2.45, 2.75) is 32.8 Å². The van der Waals surface area contributed by atoms with Crippen molar-refractivity contribution in [2.24, 2.45) is 5.92 Å². The van der Waals surface area contributed by atoms with Crippen LogP contribution < -0.4 is 9.64 Å². The SMILES string of the molecule is CC(C)Oc1ccc(N2CCC(C(=O)O)CC2)cc1. The van der Waals surface area contributed by atoms with Crippen molar-refractivity contribution >= 4 is 11.7 Å². The predicted octanol–water partition coefficient (Wildman–Crippen LogP) is 2.77. The first-order chi connectivity index (χ1) is 9.06. The van der Waals surface area contributed by atoms with E-state index in [4.69, 9.17) is 9.84 Å². The Morgan fingerprint density at radius 1 is 1.26 bits per heavy atom. The Balaban J connectivity index is 1.94. The van der Waals surface area contributed by atoms with Crippen LogP contribution in [0.5, 0.6) is 5.75 Å². The van der Waals surface area contributed by atoms with Crippen molar-refractivity contribution in [1.82, 2.24) is 0 Å². The third-order valence-electron chi connectivity index (χ3n) is 3.42. The maximum atomic E-state index is 10.9. The minimum atomic E-state index is -0.666. The van der Waals surface area contributed by atoms with Gasteiger partial charge in [0.05, 0.1) is 12.0 Å². The predicted molar refractivity (Wildman–Crippen MR) is 74.8 cm³/mol. The minimum absolute atomic E-state index is 0.178. The molecule has 1 N–H and O–H groups in total. The second-order valence-corrected chi connectivity index (χ2v) is 5.26. The third-order valence-corrected chi connectivity index (χ3v) is 3.42. The summed E-state index contributed by atoms with van der Waals surface area (Å²) < 4.78 is 5.61. The van der Waals surface area contributed by atoms with Crippen molar-refractivity contribution < 1.29 is 14.6 Å². The van der Waals surface area contributed by atoms with E-state index in [2.05, 4.69) is 4.90 Å². The molecule has 1 heterocycles. The standard InChI is InChI=1S/C15H21NO3/c1-11(2)19-14-5-3-13(4-6-14)16-9-7-12(8-10-16)15(17)18/h3-6,11-12H,7-10H2,1-2H3,(H,17,18). The highest BCUT2D eigenvalue weighted by Gasteiger charge is 2.24. The fourth-order valence-electron chi connectivity index (χ4n) is 2.39. The minimum Gasteiger partial charge on any atom is -0.491 e. The lowest BCUT2D eigenvalue weighted by Crippen LogP contribution is -2.36. The molecule has 1 aromatic rings. The quantitative estimate of drug-likeness (QED) is 0.907. The van der Waals surface area contributed by atoms with Crippen molar-refractivity contribution in [3.05, 3.63) is 24.3 Å². The van der Waals surface area contributed by atoms with Gasteiger partial charge in [-0.25, -0.2) is 0 Å². The van der Waals surface area contributed by atoms with E-state index >= 15 is 0 Å². The van der Waals surface area contributed by atoms with E-state index in [1.165, 1.54) is 0 Å². The number of benzene rings is 1. The largest absolute Gasteiger partial charge is 0.491 e. The van der Waals surface area contributed by atoms with Crippen molar-refractivity contribution in [2.75, 3.05) is 18.0 Å². The summed E-state index contributed by atoms with van der Waals surface area (Å²) in [5, 5.41) is 8.98. The summed E-state index contributed by atoms with van der Waals surface area (Å²) >= 11 is 0. The molecule has 1 aliphatic heterocycles. The zero-order chi connectivity index (χ0) is 13.8. The van der Waals surface area contributed by atoms with Crippen LogP contribution in [0.1, 0.15) is 26.7 Å². The lowest BCUT2D eigenvalue weighted by Gasteiger charge is -2.32. The van der Waals surface area contributed by atoms with E-state index in [0.717, 1.165) is 37.4 Å². The second kappa shape index (κ2) is 5.95. The van der Waals surface area contributed by atoms with Gasteiger partial charge in [-0.05, 0) is 51.0 Å². The van der Waals surface area contributed by atoms with Gasteiger partial charge < -0.3 is 14.7 Å². The van der Waals surface area contributed by atoms with Crippen LogP contribution in [-0.4, -0.2) is 30.3 Å². The van der Waals surface area contributed by atoms with Crippen LogP contribution in [0.3, 0.4) is 0 Å². The average Bonchev–Trinajstić information content (AvgIpc) is 2.39. The molecular weight excluding hydrogens is 242 g/mol. The molecule has 1 saturated heterocycles. The Morgan fingerprint density at radius 3 is 2.32 bits per heavy atom. The van der Waals surface area contributed by atoms with E-state index in [1.54, 1.807) is 0 Å². The normalized spacial score (nSPS) is 16.7. The van der Waals surface area contributed by atoms with Gasteiger partial charge in [0, 0.05) is 18.8 Å². The summed E-state index contributed by atoms with van der Waals surface area (Å²) in [6.45, 7) is 5.62. The molecule has 0 amide bonds. The third kappa shape index (κ3) is 3.63. The summed E-state index contributed by atoms with van der Waals surface area (Å²) in [6.07, 6.45) is 1.62. The fourth-order valence-corrected chi connectivity index (χ4v) is 2.39. The Labute approximate surface area is 114 Å². The Bertz CT molecular complexity index is 420. The first-order valence-corrected chi connectivity index (χ1v) is 6.80. The van der Waals surface area contributed by atoms with Crippen LogP contribution in [0.15, 0.2) is 24.3 Å². The van der Waals surface area contributed by atoms with Crippen molar-refractivity contribution in [3.63, 3.8) is 0 Å². The smallest absolute Gasteiger partial charge is 0.306 e. The number of rotatable bonds is 4. The van der Waals surface area contributed by atoms with Gasteiger partial charge in [0.2, 0.25) is 0 Å². The van der Waals surface area contributed by atoms with E-state index in [9.17, 15) is 4.79 Å². The zero-order valence-electron chi connectivity index (χ0n) is 11.5. The number of nitrogens with zero attached hydrogens (tertiary/aromatic N) is 1. The van der Waals surface area contributed by atoms with E-state index in [-0.39, 0.29) is 12.0 Å². The molecule has 19 heavy (non-hydrogen) atoms. The molecular formula is C15H21NO3. The maximum Gasteiger partial charge on any atom is 0.306 e. The number of aliphatic carboxylic acids is 1. The highest BCUT2D eigenvalue weighted by molar-refractivity contribution is 5.70. The van der Waals surface area contributed by atoms with E-state index < -0.39 is 5.97 Å². The van der Waals surface area contributed by atoms with Crippen LogP contribution in [0.25, 0.3) is 0 Å². The Morgan fingerprint density at radius 2 is 1.84 bits per heavy atom. The summed E-state index contributed by atoms with van der Waals surface area (Å²) in [5.74, 6) is 0.0271. The van der Waals surface area contributed by atoms with Gasteiger partial charge in [-0.1, -0.05) is 0 Å². The Hall–Kier alpha value is -1.71. The van der Waals surface area contributed by atoms with Gasteiger partial charge in [0.1, 0.15) is 5.75 Å². The second-order valence-electron chi connectivity index (χ2n) is 5.26. The summed E-state index contributed by atoms with van der Waals surface area (Å²) in [5.41, 5.74) is 1.14. The lowest BCUT2D eigenvalue weighted by atomic mass is 9.97. The molecule has 0 aromatic heterocycles. The molecule has 0 atom stereocenters. The van der Waals surface area contributed by atoms with Gasteiger partial charge in [0.25, 0.3) is 0 Å². The van der Waals surface area contributed by atoms with Gasteiger partial charge in [-0.15, -0.1) is 0 Å². The molecule has 4 heteroatoms. The molecule has 0 bridgehead atoms. The molecule has 0 unspecified atom stereocenters. The molecule has 1 aliphatic rings. The summed E-state index contributed by atoms with van der Waals surface area (Å²) in [6, 6.07) is 8.02. The molecule has 1 fully saturated rings. The average molecular weight is 263 g/mol. The van der Waals surface area contributed by atoms with E-state index in [0.29, 0.717) is 0 Å². The van der Waals surface area contributed by atoms with Crippen molar-refractivity contribution in [3.8, 4) is 5.75 Å². The topological polar surface area (TPSA) is 49.8 Å². The van der Waals surface area contributed by atoms with Gasteiger partial charge >= 0.3 is 5.97 Å². The van der Waals surface area contributed by atoms with Crippen LogP contribution in [0.4, 0.5) is 5.69 Å².